The van der Waals surface area contributed by atoms with Gasteiger partial charge in [0.25, 0.3) is 0 Å². The highest BCUT2D eigenvalue weighted by Gasteiger charge is 2.28. The molecule has 0 bridgehead atoms. The van der Waals surface area contributed by atoms with Crippen LogP contribution in [0.1, 0.15) is 12.0 Å². The van der Waals surface area contributed by atoms with Gasteiger partial charge in [0, 0.05) is 12.7 Å². The predicted octanol–water partition coefficient (Wildman–Crippen LogP) is 0.383. The van der Waals surface area contributed by atoms with Crippen LogP contribution in [-0.4, -0.2) is 43.4 Å². The van der Waals surface area contributed by atoms with Crippen LogP contribution < -0.4 is 10.6 Å². The van der Waals surface area contributed by atoms with E-state index in [1.807, 2.05) is 24.3 Å². The van der Waals surface area contributed by atoms with Gasteiger partial charge in [0.1, 0.15) is 6.54 Å². The topological polar surface area (TPSA) is 66.6 Å². The molecular weight excluding hydrogens is 242 g/mol. The number of rotatable bonds is 4. The lowest BCUT2D eigenvalue weighted by molar-refractivity contribution is -0.136. The summed E-state index contributed by atoms with van der Waals surface area (Å²) in [5.74, 6) is -0.0800. The third-order valence-corrected chi connectivity index (χ3v) is 3.31. The Hall–Kier alpha value is -1.88. The summed E-state index contributed by atoms with van der Waals surface area (Å²) in [5.41, 5.74) is 7.45. The van der Waals surface area contributed by atoms with E-state index >= 15 is 0 Å². The van der Waals surface area contributed by atoms with E-state index in [0.717, 1.165) is 18.5 Å². The van der Waals surface area contributed by atoms with E-state index in [2.05, 4.69) is 0 Å². The monoisotopic (exact) mass is 261 g/mol. The second kappa shape index (κ2) is 5.84. The van der Waals surface area contributed by atoms with Crippen molar-refractivity contribution in [3.8, 4) is 0 Å². The van der Waals surface area contributed by atoms with E-state index in [1.54, 1.807) is 7.05 Å². The molecule has 0 atom stereocenters. The first-order chi connectivity index (χ1) is 9.11. The number of nitrogens with two attached hydrogens (primary N) is 1. The fourth-order valence-electron chi connectivity index (χ4n) is 2.10. The van der Waals surface area contributed by atoms with Crippen LogP contribution in [0.5, 0.6) is 0 Å². The number of amides is 2. The molecule has 1 saturated heterocycles. The van der Waals surface area contributed by atoms with Gasteiger partial charge in [-0.1, -0.05) is 12.1 Å². The van der Waals surface area contributed by atoms with Crippen molar-refractivity contribution in [3.05, 3.63) is 29.8 Å². The Bertz CT molecular complexity index is 470. The van der Waals surface area contributed by atoms with Crippen LogP contribution in [-0.2, 0) is 16.0 Å². The van der Waals surface area contributed by atoms with Crippen molar-refractivity contribution in [2.45, 2.75) is 12.8 Å². The van der Waals surface area contributed by atoms with Crippen LogP contribution in [0.25, 0.3) is 0 Å². The predicted molar refractivity (Wildman–Crippen MR) is 73.8 cm³/mol. The first kappa shape index (κ1) is 13.5. The molecule has 102 valence electrons. The maximum absolute atomic E-state index is 11.9. The summed E-state index contributed by atoms with van der Waals surface area (Å²) in [6, 6.07) is 7.76. The SMILES string of the molecule is CN1CC(=O)N(c2ccc(CCCN)cc2)CC1=O. The number of hydrogen-bond donors (Lipinski definition) is 1. The maximum Gasteiger partial charge on any atom is 0.247 e. The minimum Gasteiger partial charge on any atom is -0.335 e. The molecule has 0 aliphatic carbocycles. The molecule has 0 spiro atoms. The molecule has 0 aromatic heterocycles. The Kier molecular flexibility index (Phi) is 4.16. The molecule has 0 radical (unpaired) electrons. The van der Waals surface area contributed by atoms with Gasteiger partial charge in [-0.05, 0) is 37.1 Å². The molecule has 1 heterocycles. The highest BCUT2D eigenvalue weighted by atomic mass is 16.2. The lowest BCUT2D eigenvalue weighted by atomic mass is 10.1. The fraction of sp³-hybridized carbons (Fsp3) is 0.429. The largest absolute Gasteiger partial charge is 0.335 e. The number of hydrogen-bond acceptors (Lipinski definition) is 3. The minimum atomic E-state index is -0.0446. The smallest absolute Gasteiger partial charge is 0.247 e. The number of carbonyl (C=O) groups is 2. The molecule has 5 nitrogen and oxygen atoms in total. The summed E-state index contributed by atoms with van der Waals surface area (Å²) >= 11 is 0. The third-order valence-electron chi connectivity index (χ3n) is 3.31. The second-order valence-electron chi connectivity index (χ2n) is 4.79. The van der Waals surface area contributed by atoms with Crippen LogP contribution in [0.15, 0.2) is 24.3 Å². The first-order valence-corrected chi connectivity index (χ1v) is 6.45. The van der Waals surface area contributed by atoms with Gasteiger partial charge in [-0.3, -0.25) is 9.59 Å². The molecule has 0 unspecified atom stereocenters. The molecule has 1 aromatic carbocycles. The zero-order valence-corrected chi connectivity index (χ0v) is 11.1. The van der Waals surface area contributed by atoms with E-state index in [4.69, 9.17) is 5.73 Å². The Morgan fingerprint density at radius 1 is 1.11 bits per heavy atom. The second-order valence-corrected chi connectivity index (χ2v) is 4.79. The highest BCUT2D eigenvalue weighted by molar-refractivity contribution is 6.04. The molecular formula is C14H19N3O2. The van der Waals surface area contributed by atoms with Crippen molar-refractivity contribution < 1.29 is 9.59 Å². The molecule has 1 aliphatic rings. The molecule has 0 saturated carbocycles. The summed E-state index contributed by atoms with van der Waals surface area (Å²) in [7, 11) is 1.65. The Morgan fingerprint density at radius 2 is 1.79 bits per heavy atom. The van der Waals surface area contributed by atoms with E-state index in [-0.39, 0.29) is 24.9 Å². The van der Waals surface area contributed by atoms with E-state index in [0.29, 0.717) is 6.54 Å². The van der Waals surface area contributed by atoms with Gasteiger partial charge in [0.2, 0.25) is 11.8 Å². The van der Waals surface area contributed by atoms with Crippen LogP contribution in [0, 0.1) is 0 Å². The number of carbonyl (C=O) groups excluding carboxylic acids is 2. The molecule has 2 N–H and O–H groups in total. The number of anilines is 1. The van der Waals surface area contributed by atoms with Gasteiger partial charge in [0.05, 0.1) is 6.54 Å². The zero-order valence-electron chi connectivity index (χ0n) is 11.1. The van der Waals surface area contributed by atoms with Gasteiger partial charge in [-0.2, -0.15) is 0 Å². The maximum atomic E-state index is 11.9. The van der Waals surface area contributed by atoms with Gasteiger partial charge in [-0.15, -0.1) is 0 Å². The molecule has 1 aromatic rings. The van der Waals surface area contributed by atoms with Crippen molar-refractivity contribution in [2.75, 3.05) is 31.6 Å². The van der Waals surface area contributed by atoms with Crippen LogP contribution in [0.4, 0.5) is 5.69 Å². The van der Waals surface area contributed by atoms with Crippen molar-refractivity contribution in [1.82, 2.24) is 4.90 Å². The minimum absolute atomic E-state index is 0.0354. The van der Waals surface area contributed by atoms with Crippen LogP contribution >= 0.6 is 0 Å². The molecule has 2 amide bonds. The normalized spacial score (nSPS) is 16.1. The van der Waals surface area contributed by atoms with E-state index < -0.39 is 0 Å². The number of piperazine rings is 1. The third kappa shape index (κ3) is 3.12. The Morgan fingerprint density at radius 3 is 2.42 bits per heavy atom. The number of likely N-dealkylation sites (N-methyl/N-ethyl adjacent to an activating group) is 1. The first-order valence-electron chi connectivity index (χ1n) is 6.45. The standard InChI is InChI=1S/C14H19N3O2/c1-16-9-14(19)17(10-13(16)18)12-6-4-11(5-7-12)3-2-8-15/h4-7H,2-3,8-10,15H2,1H3. The summed E-state index contributed by atoms with van der Waals surface area (Å²) in [6.45, 7) is 0.943. The van der Waals surface area contributed by atoms with Gasteiger partial charge in [-0.25, -0.2) is 0 Å². The van der Waals surface area contributed by atoms with Crippen molar-refractivity contribution in [2.24, 2.45) is 5.73 Å². The number of aryl methyl sites for hydroxylation is 1. The van der Waals surface area contributed by atoms with Crippen LogP contribution in [0.3, 0.4) is 0 Å². The molecule has 19 heavy (non-hydrogen) atoms. The quantitative estimate of drug-likeness (QED) is 0.852. The van der Waals surface area contributed by atoms with Gasteiger partial charge >= 0.3 is 0 Å². The van der Waals surface area contributed by atoms with Crippen molar-refractivity contribution in [3.63, 3.8) is 0 Å². The molecule has 2 rings (SSSR count). The Balaban J connectivity index is 2.09. The average Bonchev–Trinajstić information content (AvgIpc) is 2.41. The fourth-order valence-corrected chi connectivity index (χ4v) is 2.10. The summed E-state index contributed by atoms with van der Waals surface area (Å²) in [6.07, 6.45) is 1.89. The van der Waals surface area contributed by atoms with Crippen molar-refractivity contribution >= 4 is 17.5 Å². The number of nitrogens with zero attached hydrogens (tertiary/aromatic N) is 2. The van der Waals surface area contributed by atoms with Gasteiger partial charge < -0.3 is 15.5 Å². The lowest BCUT2D eigenvalue weighted by Gasteiger charge is -2.31. The Labute approximate surface area is 113 Å². The van der Waals surface area contributed by atoms with E-state index in [1.165, 1.54) is 15.4 Å². The molecule has 1 fully saturated rings. The lowest BCUT2D eigenvalue weighted by Crippen LogP contribution is -2.52. The zero-order chi connectivity index (χ0) is 13.8. The van der Waals surface area contributed by atoms with Crippen molar-refractivity contribution in [1.29, 1.82) is 0 Å². The molecule has 1 aliphatic heterocycles. The number of benzene rings is 1. The van der Waals surface area contributed by atoms with E-state index in [9.17, 15) is 9.59 Å². The summed E-state index contributed by atoms with van der Waals surface area (Å²) in [4.78, 5) is 26.6. The van der Waals surface area contributed by atoms with Crippen LogP contribution in [0.2, 0.25) is 0 Å². The average molecular weight is 261 g/mol. The molecule has 5 heteroatoms. The van der Waals surface area contributed by atoms with Gasteiger partial charge in [0.15, 0.2) is 0 Å². The summed E-state index contributed by atoms with van der Waals surface area (Å²) < 4.78 is 0. The summed E-state index contributed by atoms with van der Waals surface area (Å²) in [5, 5.41) is 0. The highest BCUT2D eigenvalue weighted by Crippen LogP contribution is 2.18.